The molecule has 3 rings (SSSR count). The van der Waals surface area contributed by atoms with E-state index in [0.29, 0.717) is 19.9 Å². The van der Waals surface area contributed by atoms with Crippen LogP contribution in [0.2, 0.25) is 5.02 Å². The van der Waals surface area contributed by atoms with Crippen LogP contribution < -0.4 is 4.90 Å². The zero-order valence-corrected chi connectivity index (χ0v) is 14.1. The van der Waals surface area contributed by atoms with Crippen LogP contribution in [0, 0.1) is 6.92 Å². The first-order valence-corrected chi connectivity index (χ1v) is 8.26. The molecule has 2 aromatic rings. The molecule has 5 heteroatoms. The van der Waals surface area contributed by atoms with Crippen LogP contribution in [0.1, 0.15) is 11.1 Å². The summed E-state index contributed by atoms with van der Waals surface area (Å²) in [6.07, 6.45) is 1.86. The summed E-state index contributed by atoms with van der Waals surface area (Å²) in [6, 6.07) is 15.2. The highest BCUT2D eigenvalue weighted by Crippen LogP contribution is 2.37. The van der Waals surface area contributed by atoms with E-state index < -0.39 is 0 Å². The smallest absolute Gasteiger partial charge is 0.268 e. The summed E-state index contributed by atoms with van der Waals surface area (Å²) in [6.45, 7) is 1.92. The summed E-state index contributed by atoms with van der Waals surface area (Å²) < 4.78 is 0.520. The number of halogens is 1. The van der Waals surface area contributed by atoms with Gasteiger partial charge in [0.15, 0.2) is 4.32 Å². The lowest BCUT2D eigenvalue weighted by Crippen LogP contribution is -2.27. The van der Waals surface area contributed by atoms with Gasteiger partial charge in [0.2, 0.25) is 0 Å². The van der Waals surface area contributed by atoms with E-state index in [1.807, 2.05) is 55.5 Å². The SMILES string of the molecule is Cc1ccc(N2C(=O)/C(=C\c3ccccc3)SC2=S)cc1Cl. The van der Waals surface area contributed by atoms with Crippen LogP contribution in [-0.2, 0) is 4.79 Å². The molecular weight excluding hydrogens is 334 g/mol. The van der Waals surface area contributed by atoms with Gasteiger partial charge in [-0.3, -0.25) is 9.69 Å². The Morgan fingerprint density at radius 3 is 2.59 bits per heavy atom. The van der Waals surface area contributed by atoms with Crippen LogP contribution in [0.25, 0.3) is 6.08 Å². The van der Waals surface area contributed by atoms with Crippen LogP contribution in [-0.4, -0.2) is 10.2 Å². The van der Waals surface area contributed by atoms with E-state index in [0.717, 1.165) is 11.1 Å². The largest absolute Gasteiger partial charge is 0.270 e. The summed E-state index contributed by atoms with van der Waals surface area (Å²) in [4.78, 5) is 14.8. The minimum Gasteiger partial charge on any atom is -0.268 e. The van der Waals surface area contributed by atoms with Crippen molar-refractivity contribution in [1.29, 1.82) is 0 Å². The first kappa shape index (κ1) is 15.3. The third-order valence-electron chi connectivity index (χ3n) is 3.30. The Balaban J connectivity index is 1.95. The van der Waals surface area contributed by atoms with Gasteiger partial charge in [-0.1, -0.05) is 72.0 Å². The molecule has 1 heterocycles. The molecule has 1 amide bonds. The normalized spacial score (nSPS) is 16.6. The second kappa shape index (κ2) is 6.24. The Bertz CT molecular complexity index is 787. The standard InChI is InChI=1S/C17H12ClNOS2/c1-11-7-8-13(10-14(11)18)19-16(20)15(22-17(19)21)9-12-5-3-2-4-6-12/h2-10H,1H3/b15-9+. The van der Waals surface area contributed by atoms with E-state index in [-0.39, 0.29) is 5.91 Å². The van der Waals surface area contributed by atoms with Crippen LogP contribution in [0.5, 0.6) is 0 Å². The highest BCUT2D eigenvalue weighted by atomic mass is 35.5. The van der Waals surface area contributed by atoms with E-state index in [9.17, 15) is 4.79 Å². The number of aryl methyl sites for hydroxylation is 1. The van der Waals surface area contributed by atoms with Crippen LogP contribution in [0.3, 0.4) is 0 Å². The Morgan fingerprint density at radius 1 is 1.18 bits per heavy atom. The molecule has 0 N–H and O–H groups in total. The number of thioether (sulfide) groups is 1. The van der Waals surface area contributed by atoms with Gasteiger partial charge >= 0.3 is 0 Å². The maximum absolute atomic E-state index is 12.6. The molecule has 0 bridgehead atoms. The van der Waals surface area contributed by atoms with Gasteiger partial charge in [-0.2, -0.15) is 0 Å². The van der Waals surface area contributed by atoms with Gasteiger partial charge in [-0.15, -0.1) is 0 Å². The van der Waals surface area contributed by atoms with Gasteiger partial charge in [0.05, 0.1) is 10.6 Å². The van der Waals surface area contributed by atoms with Gasteiger partial charge in [0.25, 0.3) is 5.91 Å². The van der Waals surface area contributed by atoms with Crippen molar-refractivity contribution >= 4 is 57.6 Å². The molecule has 0 aromatic heterocycles. The molecule has 2 nitrogen and oxygen atoms in total. The maximum atomic E-state index is 12.6. The van der Waals surface area contributed by atoms with Crippen molar-refractivity contribution in [3.8, 4) is 0 Å². The molecule has 1 fully saturated rings. The van der Waals surface area contributed by atoms with Crippen molar-refractivity contribution in [3.05, 3.63) is 69.6 Å². The Labute approximate surface area is 143 Å². The number of rotatable bonds is 2. The number of anilines is 1. The predicted molar refractivity (Wildman–Crippen MR) is 98.3 cm³/mol. The van der Waals surface area contributed by atoms with E-state index in [4.69, 9.17) is 23.8 Å². The third kappa shape index (κ3) is 2.95. The van der Waals surface area contributed by atoms with Crippen molar-refractivity contribution in [1.82, 2.24) is 0 Å². The number of amides is 1. The van der Waals surface area contributed by atoms with E-state index >= 15 is 0 Å². The Morgan fingerprint density at radius 2 is 1.91 bits per heavy atom. The fraction of sp³-hybridized carbons (Fsp3) is 0.0588. The summed E-state index contributed by atoms with van der Waals surface area (Å²) >= 11 is 12.8. The number of benzene rings is 2. The Kier molecular flexibility index (Phi) is 4.34. The van der Waals surface area contributed by atoms with Gasteiger partial charge in [-0.25, -0.2) is 0 Å². The predicted octanol–water partition coefficient (Wildman–Crippen LogP) is 5.05. The van der Waals surface area contributed by atoms with Gasteiger partial charge in [-0.05, 0) is 36.3 Å². The molecule has 1 aliphatic rings. The quantitative estimate of drug-likeness (QED) is 0.561. The molecule has 0 spiro atoms. The molecule has 110 valence electrons. The number of nitrogens with zero attached hydrogens (tertiary/aromatic N) is 1. The summed E-state index contributed by atoms with van der Waals surface area (Å²) in [7, 11) is 0. The number of carbonyl (C=O) groups excluding carboxylic acids is 1. The van der Waals surface area contributed by atoms with Crippen LogP contribution >= 0.6 is 35.6 Å². The molecule has 0 atom stereocenters. The number of carbonyl (C=O) groups is 1. The second-order valence-corrected chi connectivity index (χ2v) is 6.94. The van der Waals surface area contributed by atoms with Gasteiger partial charge in [0, 0.05) is 5.02 Å². The average molecular weight is 346 g/mol. The van der Waals surface area contributed by atoms with E-state index in [1.54, 1.807) is 6.07 Å². The lowest BCUT2D eigenvalue weighted by molar-refractivity contribution is -0.113. The zero-order chi connectivity index (χ0) is 15.7. The lowest BCUT2D eigenvalue weighted by Gasteiger charge is -2.15. The molecule has 0 unspecified atom stereocenters. The van der Waals surface area contributed by atoms with Gasteiger partial charge < -0.3 is 0 Å². The molecule has 0 saturated carbocycles. The zero-order valence-electron chi connectivity index (χ0n) is 11.7. The molecular formula is C17H12ClNOS2. The molecule has 1 saturated heterocycles. The van der Waals surface area contributed by atoms with E-state index in [2.05, 4.69) is 0 Å². The number of thiocarbonyl (C=S) groups is 1. The third-order valence-corrected chi connectivity index (χ3v) is 5.01. The van der Waals surface area contributed by atoms with Crippen LogP contribution in [0.15, 0.2) is 53.4 Å². The summed E-state index contributed by atoms with van der Waals surface area (Å²) in [5.41, 5.74) is 2.65. The molecule has 0 radical (unpaired) electrons. The number of hydrogen-bond donors (Lipinski definition) is 0. The first-order valence-electron chi connectivity index (χ1n) is 6.65. The highest BCUT2D eigenvalue weighted by Gasteiger charge is 2.33. The molecule has 0 aliphatic carbocycles. The lowest BCUT2D eigenvalue weighted by atomic mass is 10.2. The topological polar surface area (TPSA) is 20.3 Å². The van der Waals surface area contributed by atoms with Crippen molar-refractivity contribution in [2.45, 2.75) is 6.92 Å². The maximum Gasteiger partial charge on any atom is 0.270 e. The highest BCUT2D eigenvalue weighted by molar-refractivity contribution is 8.27. The summed E-state index contributed by atoms with van der Waals surface area (Å²) in [5, 5.41) is 0.624. The summed E-state index contributed by atoms with van der Waals surface area (Å²) in [5.74, 6) is -0.112. The molecule has 2 aromatic carbocycles. The monoisotopic (exact) mass is 345 g/mol. The van der Waals surface area contributed by atoms with Crippen molar-refractivity contribution in [2.75, 3.05) is 4.90 Å². The average Bonchev–Trinajstić information content (AvgIpc) is 2.78. The minimum absolute atomic E-state index is 0.112. The fourth-order valence-electron chi connectivity index (χ4n) is 2.11. The van der Waals surface area contributed by atoms with Gasteiger partial charge in [0.1, 0.15) is 0 Å². The molecule has 1 aliphatic heterocycles. The van der Waals surface area contributed by atoms with Crippen molar-refractivity contribution < 1.29 is 4.79 Å². The second-order valence-electron chi connectivity index (χ2n) is 4.86. The van der Waals surface area contributed by atoms with Crippen molar-refractivity contribution in [2.24, 2.45) is 0 Å². The van der Waals surface area contributed by atoms with Crippen molar-refractivity contribution in [3.63, 3.8) is 0 Å². The van der Waals surface area contributed by atoms with E-state index in [1.165, 1.54) is 16.7 Å². The fourth-order valence-corrected chi connectivity index (χ4v) is 3.59. The first-order chi connectivity index (χ1) is 10.6. The number of hydrogen-bond acceptors (Lipinski definition) is 3. The minimum atomic E-state index is -0.112. The van der Waals surface area contributed by atoms with Crippen LogP contribution in [0.4, 0.5) is 5.69 Å². The molecule has 22 heavy (non-hydrogen) atoms. The Hall–Kier alpha value is -1.62.